The Bertz CT molecular complexity index is 1340. The minimum atomic E-state index is -1.04. The zero-order valence-electron chi connectivity index (χ0n) is 24.9. The molecule has 3 aromatic carbocycles. The second-order valence-corrected chi connectivity index (χ2v) is 10.9. The fourth-order valence-electron chi connectivity index (χ4n) is 3.84. The maximum absolute atomic E-state index is 13.2. The summed E-state index contributed by atoms with van der Waals surface area (Å²) in [6.45, 7) is 6.76. The van der Waals surface area contributed by atoms with Crippen LogP contribution < -0.4 is 20.7 Å². The van der Waals surface area contributed by atoms with Gasteiger partial charge in [0.1, 0.15) is 43.2 Å². The molecule has 0 bridgehead atoms. The first-order valence-corrected chi connectivity index (χ1v) is 14.0. The fourth-order valence-corrected chi connectivity index (χ4v) is 3.84. The van der Waals surface area contributed by atoms with E-state index >= 15 is 0 Å². The highest BCUT2D eigenvalue weighted by Crippen LogP contribution is 2.16. The summed E-state index contributed by atoms with van der Waals surface area (Å²) in [5.41, 5.74) is 1.83. The normalized spacial score (nSPS) is 12.3. The Hall–Kier alpha value is -4.86. The van der Waals surface area contributed by atoms with Crippen molar-refractivity contribution in [2.75, 3.05) is 6.54 Å². The number of alkyl carbamates (subject to hydrolysis) is 1. The van der Waals surface area contributed by atoms with Gasteiger partial charge in [-0.25, -0.2) is 4.79 Å². The summed E-state index contributed by atoms with van der Waals surface area (Å²) in [6.07, 6.45) is -0.641. The molecule has 3 rings (SSSR count). The number of hydrogen-bond donors (Lipinski definition) is 3. The molecule has 0 aromatic heterocycles. The predicted molar refractivity (Wildman–Crippen MR) is 161 cm³/mol. The highest BCUT2D eigenvalue weighted by Gasteiger charge is 2.27. The first kappa shape index (κ1) is 32.7. The van der Waals surface area contributed by atoms with E-state index in [4.69, 9.17) is 14.2 Å². The zero-order valence-corrected chi connectivity index (χ0v) is 24.9. The standard InChI is InChI=1S/C33H39N3O7/c1-23(30(38)34-20-29(37)42-22-26-13-9-6-10-14-26)35-31(39)28(36-32(40)43-33(2,3)4)19-24-15-17-27(18-16-24)41-21-25-11-7-5-8-12-25/h5-18,23,28H,19-22H2,1-4H3,(H,34,38)(H,35,39)(H,36,40)/t23-,28+/m1/s1. The van der Waals surface area contributed by atoms with E-state index in [1.807, 2.05) is 60.7 Å². The van der Waals surface area contributed by atoms with Crippen LogP contribution in [0.1, 0.15) is 44.4 Å². The van der Waals surface area contributed by atoms with Crippen molar-refractivity contribution in [2.24, 2.45) is 0 Å². The van der Waals surface area contributed by atoms with Crippen LogP contribution in [0, 0.1) is 0 Å². The van der Waals surface area contributed by atoms with E-state index in [2.05, 4.69) is 16.0 Å². The number of benzene rings is 3. The third-order valence-corrected chi connectivity index (χ3v) is 6.02. The van der Waals surface area contributed by atoms with Crippen molar-refractivity contribution in [3.63, 3.8) is 0 Å². The molecule has 0 aliphatic rings. The molecule has 228 valence electrons. The first-order chi connectivity index (χ1) is 20.5. The van der Waals surface area contributed by atoms with E-state index in [0.29, 0.717) is 12.4 Å². The minimum Gasteiger partial charge on any atom is -0.489 e. The van der Waals surface area contributed by atoms with Crippen LogP contribution in [0.5, 0.6) is 5.75 Å². The third kappa shape index (κ3) is 12.3. The summed E-state index contributed by atoms with van der Waals surface area (Å²) in [4.78, 5) is 50.4. The van der Waals surface area contributed by atoms with Gasteiger partial charge in [0.25, 0.3) is 0 Å². The molecule has 0 aliphatic carbocycles. The number of nitrogens with one attached hydrogen (secondary N) is 3. The average Bonchev–Trinajstić information content (AvgIpc) is 2.98. The maximum atomic E-state index is 13.2. The van der Waals surface area contributed by atoms with E-state index in [1.165, 1.54) is 6.92 Å². The highest BCUT2D eigenvalue weighted by molar-refractivity contribution is 5.92. The summed E-state index contributed by atoms with van der Waals surface area (Å²) >= 11 is 0. The fraction of sp³-hybridized carbons (Fsp3) is 0.333. The van der Waals surface area contributed by atoms with Crippen LogP contribution in [0.15, 0.2) is 84.9 Å². The van der Waals surface area contributed by atoms with Gasteiger partial charge in [0.15, 0.2) is 0 Å². The lowest BCUT2D eigenvalue weighted by Crippen LogP contribution is -2.54. The lowest BCUT2D eigenvalue weighted by Gasteiger charge is -2.24. The van der Waals surface area contributed by atoms with Crippen LogP contribution in [0.25, 0.3) is 0 Å². The molecular weight excluding hydrogens is 550 g/mol. The molecule has 10 nitrogen and oxygen atoms in total. The Kier molecular flexibility index (Phi) is 12.1. The predicted octanol–water partition coefficient (Wildman–Crippen LogP) is 4.07. The van der Waals surface area contributed by atoms with Crippen LogP contribution in [0.4, 0.5) is 4.79 Å². The van der Waals surface area contributed by atoms with Gasteiger partial charge in [-0.05, 0) is 56.5 Å². The van der Waals surface area contributed by atoms with E-state index in [1.54, 1.807) is 45.0 Å². The molecule has 3 N–H and O–H groups in total. The van der Waals surface area contributed by atoms with Crippen molar-refractivity contribution >= 4 is 23.9 Å². The van der Waals surface area contributed by atoms with Gasteiger partial charge in [0, 0.05) is 6.42 Å². The monoisotopic (exact) mass is 589 g/mol. The van der Waals surface area contributed by atoms with Gasteiger partial charge in [-0.1, -0.05) is 72.8 Å². The van der Waals surface area contributed by atoms with Crippen LogP contribution in [-0.4, -0.2) is 48.1 Å². The molecule has 0 saturated carbocycles. The van der Waals surface area contributed by atoms with Crippen molar-refractivity contribution in [1.82, 2.24) is 16.0 Å². The Labute approximate surface area is 252 Å². The topological polar surface area (TPSA) is 132 Å². The second-order valence-electron chi connectivity index (χ2n) is 10.9. The van der Waals surface area contributed by atoms with Crippen molar-refractivity contribution in [3.05, 3.63) is 102 Å². The van der Waals surface area contributed by atoms with Crippen LogP contribution in [0.3, 0.4) is 0 Å². The van der Waals surface area contributed by atoms with E-state index in [9.17, 15) is 19.2 Å². The number of ether oxygens (including phenoxy) is 3. The Morgan fingerprint density at radius 2 is 1.30 bits per heavy atom. The maximum Gasteiger partial charge on any atom is 0.408 e. The number of amides is 3. The Morgan fingerprint density at radius 1 is 0.721 bits per heavy atom. The van der Waals surface area contributed by atoms with Crippen LogP contribution >= 0.6 is 0 Å². The third-order valence-electron chi connectivity index (χ3n) is 6.02. The van der Waals surface area contributed by atoms with Gasteiger partial charge in [0.05, 0.1) is 0 Å². The van der Waals surface area contributed by atoms with Crippen molar-refractivity contribution < 1.29 is 33.4 Å². The quantitative estimate of drug-likeness (QED) is 0.256. The van der Waals surface area contributed by atoms with Gasteiger partial charge < -0.3 is 30.2 Å². The Morgan fingerprint density at radius 3 is 1.88 bits per heavy atom. The number of rotatable bonds is 13. The van der Waals surface area contributed by atoms with E-state index < -0.39 is 41.6 Å². The van der Waals surface area contributed by atoms with Crippen LogP contribution in [-0.2, 0) is 43.5 Å². The molecule has 3 aromatic rings. The van der Waals surface area contributed by atoms with Gasteiger partial charge in [0.2, 0.25) is 11.8 Å². The SMILES string of the molecule is C[C@@H](NC(=O)[C@H](Cc1ccc(OCc2ccccc2)cc1)NC(=O)OC(C)(C)C)C(=O)NCC(=O)OCc1ccccc1. The molecule has 3 amide bonds. The average molecular weight is 590 g/mol. The largest absolute Gasteiger partial charge is 0.489 e. The van der Waals surface area contributed by atoms with Gasteiger partial charge in [-0.2, -0.15) is 0 Å². The first-order valence-electron chi connectivity index (χ1n) is 14.0. The van der Waals surface area contributed by atoms with Crippen molar-refractivity contribution in [3.8, 4) is 5.75 Å². The molecule has 0 saturated heterocycles. The summed E-state index contributed by atoms with van der Waals surface area (Å²) in [5, 5.41) is 7.66. The number of carbonyl (C=O) groups excluding carboxylic acids is 4. The zero-order chi connectivity index (χ0) is 31.2. The van der Waals surface area contributed by atoms with Gasteiger partial charge >= 0.3 is 12.1 Å². The minimum absolute atomic E-state index is 0.0833. The van der Waals surface area contributed by atoms with Crippen molar-refractivity contribution in [2.45, 2.75) is 65.0 Å². The number of hydrogen-bond acceptors (Lipinski definition) is 7. The summed E-state index contributed by atoms with van der Waals surface area (Å²) in [7, 11) is 0. The molecule has 10 heteroatoms. The molecule has 0 unspecified atom stereocenters. The lowest BCUT2D eigenvalue weighted by atomic mass is 10.0. The molecule has 0 spiro atoms. The van der Waals surface area contributed by atoms with E-state index in [0.717, 1.165) is 16.7 Å². The molecular formula is C33H39N3O7. The van der Waals surface area contributed by atoms with Gasteiger partial charge in [-0.15, -0.1) is 0 Å². The second kappa shape index (κ2) is 16.0. The summed E-state index contributed by atoms with van der Waals surface area (Å²) in [5.74, 6) is -1.14. The number of carbonyl (C=O) groups is 4. The molecule has 0 radical (unpaired) electrons. The van der Waals surface area contributed by atoms with Gasteiger partial charge in [-0.3, -0.25) is 14.4 Å². The molecule has 0 fully saturated rings. The van der Waals surface area contributed by atoms with Crippen molar-refractivity contribution in [1.29, 1.82) is 0 Å². The number of esters is 1. The highest BCUT2D eigenvalue weighted by atomic mass is 16.6. The Balaban J connectivity index is 1.55. The molecule has 43 heavy (non-hydrogen) atoms. The lowest BCUT2D eigenvalue weighted by molar-refractivity contribution is -0.145. The molecule has 2 atom stereocenters. The molecule has 0 heterocycles. The van der Waals surface area contributed by atoms with Crippen LogP contribution in [0.2, 0.25) is 0 Å². The van der Waals surface area contributed by atoms with E-state index in [-0.39, 0.29) is 19.6 Å². The summed E-state index contributed by atoms with van der Waals surface area (Å²) in [6, 6.07) is 24.0. The smallest absolute Gasteiger partial charge is 0.408 e. The molecule has 0 aliphatic heterocycles. The summed E-state index contributed by atoms with van der Waals surface area (Å²) < 4.78 is 16.3.